The SMILES string of the molecule is CCCc1ccc(-c2cccc(-c3ccc(-n4c5ccccc5c5cc(-c6ccc7c(c6)c6ccccc6n7-c6ccc7c8ccccc8c8ccccc8c7c6)ccc54)cc3)c2)cc1. The van der Waals surface area contributed by atoms with Crippen LogP contribution >= 0.6 is 0 Å². The third-order valence-electron chi connectivity index (χ3n) is 13.8. The minimum Gasteiger partial charge on any atom is -0.309 e. The monoisotopic (exact) mass is 828 g/mol. The van der Waals surface area contributed by atoms with Crippen molar-refractivity contribution in [1.29, 1.82) is 0 Å². The molecule has 306 valence electrons. The zero-order chi connectivity index (χ0) is 43.0. The van der Waals surface area contributed by atoms with Crippen molar-refractivity contribution in [2.75, 3.05) is 0 Å². The Morgan fingerprint density at radius 3 is 1.20 bits per heavy atom. The normalized spacial score (nSPS) is 11.9. The quantitative estimate of drug-likeness (QED) is 0.142. The van der Waals surface area contributed by atoms with Crippen LogP contribution in [-0.2, 0) is 6.42 Å². The molecule has 2 nitrogen and oxygen atoms in total. The zero-order valence-corrected chi connectivity index (χ0v) is 36.2. The van der Waals surface area contributed by atoms with Crippen LogP contribution in [0.5, 0.6) is 0 Å². The van der Waals surface area contributed by atoms with Crippen molar-refractivity contribution >= 4 is 75.9 Å². The topological polar surface area (TPSA) is 9.86 Å². The molecule has 2 aromatic heterocycles. The van der Waals surface area contributed by atoms with E-state index in [1.54, 1.807) is 0 Å². The number of rotatable bonds is 7. The Balaban J connectivity index is 0.888. The van der Waals surface area contributed by atoms with E-state index in [1.807, 2.05) is 0 Å². The van der Waals surface area contributed by atoms with Crippen molar-refractivity contribution in [1.82, 2.24) is 9.13 Å². The number of benzene rings is 11. The average Bonchev–Trinajstić information content (AvgIpc) is 3.89. The van der Waals surface area contributed by atoms with Gasteiger partial charge in [-0.3, -0.25) is 0 Å². The molecule has 0 aliphatic rings. The fraction of sp³-hybridized carbons (Fsp3) is 0.0476. The number of hydrogen-bond acceptors (Lipinski definition) is 0. The number of hydrogen-bond donors (Lipinski definition) is 0. The lowest BCUT2D eigenvalue weighted by Gasteiger charge is -2.14. The van der Waals surface area contributed by atoms with E-state index in [0.717, 1.165) is 18.5 Å². The van der Waals surface area contributed by atoms with Crippen LogP contribution in [0.3, 0.4) is 0 Å². The molecule has 0 saturated carbocycles. The van der Waals surface area contributed by atoms with Gasteiger partial charge in [0.25, 0.3) is 0 Å². The van der Waals surface area contributed by atoms with Crippen LogP contribution in [0.1, 0.15) is 18.9 Å². The van der Waals surface area contributed by atoms with Gasteiger partial charge < -0.3 is 9.13 Å². The van der Waals surface area contributed by atoms with Crippen LogP contribution in [0.2, 0.25) is 0 Å². The fourth-order valence-electron chi connectivity index (χ4n) is 10.7. The van der Waals surface area contributed by atoms with E-state index in [4.69, 9.17) is 0 Å². The van der Waals surface area contributed by atoms with Crippen LogP contribution < -0.4 is 0 Å². The molecule has 0 unspecified atom stereocenters. The van der Waals surface area contributed by atoms with Crippen LogP contribution in [0, 0.1) is 0 Å². The average molecular weight is 829 g/mol. The van der Waals surface area contributed by atoms with Crippen molar-refractivity contribution in [3.8, 4) is 44.8 Å². The maximum atomic E-state index is 2.45. The van der Waals surface area contributed by atoms with Crippen LogP contribution in [0.4, 0.5) is 0 Å². The van der Waals surface area contributed by atoms with Gasteiger partial charge in [0.2, 0.25) is 0 Å². The first kappa shape index (κ1) is 37.4. The molecule has 2 heteroatoms. The van der Waals surface area contributed by atoms with Crippen molar-refractivity contribution in [2.45, 2.75) is 19.8 Å². The molecule has 11 aromatic carbocycles. The molecule has 0 radical (unpaired) electrons. The van der Waals surface area contributed by atoms with Crippen molar-refractivity contribution in [3.05, 3.63) is 230 Å². The Morgan fingerprint density at radius 1 is 0.262 bits per heavy atom. The van der Waals surface area contributed by atoms with E-state index >= 15 is 0 Å². The van der Waals surface area contributed by atoms with E-state index in [2.05, 4.69) is 241 Å². The Labute approximate surface area is 377 Å². The summed E-state index contributed by atoms with van der Waals surface area (Å²) in [6.07, 6.45) is 2.28. The molecule has 0 bridgehead atoms. The third kappa shape index (κ3) is 6.02. The first-order valence-electron chi connectivity index (χ1n) is 22.9. The molecule has 13 rings (SSSR count). The second-order valence-electron chi connectivity index (χ2n) is 17.6. The minimum atomic E-state index is 1.12. The zero-order valence-electron chi connectivity index (χ0n) is 36.2. The van der Waals surface area contributed by atoms with E-state index in [1.165, 1.54) is 121 Å². The number of para-hydroxylation sites is 2. The van der Waals surface area contributed by atoms with E-state index in [0.29, 0.717) is 0 Å². The molecule has 0 aliphatic heterocycles. The standard InChI is InChI=1S/C63H44N2/c1-2-12-41-23-25-42(26-24-41)44-13-11-14-45(37-44)43-27-31-48(32-28-43)64-60-21-9-7-19-55(60)58-38-46(29-35-62(58)64)47-30-36-63-59(39-47)56-20-8-10-22-61(56)65(63)49-33-34-54-52-17-4-3-15-50(52)51-16-5-6-18-53(51)57(54)40-49/h3-11,13-40H,2,12H2,1H3. The van der Waals surface area contributed by atoms with Crippen LogP contribution in [-0.4, -0.2) is 9.13 Å². The lowest BCUT2D eigenvalue weighted by Crippen LogP contribution is -1.94. The summed E-state index contributed by atoms with van der Waals surface area (Å²) in [7, 11) is 0. The van der Waals surface area contributed by atoms with Crippen molar-refractivity contribution in [2.24, 2.45) is 0 Å². The molecule has 13 aromatic rings. The summed E-state index contributed by atoms with van der Waals surface area (Å²) in [5.41, 5.74) is 15.9. The largest absolute Gasteiger partial charge is 0.309 e. The van der Waals surface area contributed by atoms with Crippen LogP contribution in [0.15, 0.2) is 224 Å². The summed E-state index contributed by atoms with van der Waals surface area (Å²) in [5.74, 6) is 0. The highest BCUT2D eigenvalue weighted by atomic mass is 15.0. The number of aryl methyl sites for hydroxylation is 1. The molecule has 0 aliphatic carbocycles. The van der Waals surface area contributed by atoms with Gasteiger partial charge in [-0.05, 0) is 144 Å². The van der Waals surface area contributed by atoms with Gasteiger partial charge >= 0.3 is 0 Å². The van der Waals surface area contributed by atoms with Crippen LogP contribution in [0.25, 0.3) is 121 Å². The second kappa shape index (κ2) is 15.0. The molecule has 0 amide bonds. The minimum absolute atomic E-state index is 1.12. The van der Waals surface area contributed by atoms with Gasteiger partial charge in [-0.25, -0.2) is 0 Å². The van der Waals surface area contributed by atoms with Gasteiger partial charge in [0, 0.05) is 32.9 Å². The Morgan fingerprint density at radius 2 is 0.662 bits per heavy atom. The Kier molecular flexibility index (Phi) is 8.60. The van der Waals surface area contributed by atoms with E-state index in [-0.39, 0.29) is 0 Å². The molecule has 2 heterocycles. The van der Waals surface area contributed by atoms with Gasteiger partial charge in [-0.1, -0.05) is 171 Å². The number of fused-ring (bicyclic) bond motifs is 12. The van der Waals surface area contributed by atoms with E-state index in [9.17, 15) is 0 Å². The van der Waals surface area contributed by atoms with Crippen molar-refractivity contribution in [3.63, 3.8) is 0 Å². The number of aromatic nitrogens is 2. The predicted octanol–water partition coefficient (Wildman–Crippen LogP) is 17.3. The predicted molar refractivity (Wildman–Crippen MR) is 278 cm³/mol. The summed E-state index contributed by atoms with van der Waals surface area (Å²) in [6.45, 7) is 2.23. The van der Waals surface area contributed by atoms with Crippen molar-refractivity contribution < 1.29 is 0 Å². The first-order valence-corrected chi connectivity index (χ1v) is 22.9. The molecule has 0 fully saturated rings. The highest BCUT2D eigenvalue weighted by Crippen LogP contribution is 2.41. The maximum Gasteiger partial charge on any atom is 0.0541 e. The van der Waals surface area contributed by atoms with Gasteiger partial charge in [0.15, 0.2) is 0 Å². The Hall–Kier alpha value is -8.20. The maximum absolute atomic E-state index is 2.45. The van der Waals surface area contributed by atoms with E-state index < -0.39 is 0 Å². The van der Waals surface area contributed by atoms with Gasteiger partial charge in [-0.15, -0.1) is 0 Å². The molecular weight excluding hydrogens is 785 g/mol. The summed E-state index contributed by atoms with van der Waals surface area (Å²) in [4.78, 5) is 0. The summed E-state index contributed by atoms with van der Waals surface area (Å²) < 4.78 is 4.86. The molecular formula is C63H44N2. The molecule has 0 atom stereocenters. The second-order valence-corrected chi connectivity index (χ2v) is 17.6. The molecule has 0 saturated heterocycles. The van der Waals surface area contributed by atoms with Gasteiger partial charge in [-0.2, -0.15) is 0 Å². The highest BCUT2D eigenvalue weighted by Gasteiger charge is 2.18. The molecule has 0 spiro atoms. The fourth-order valence-corrected chi connectivity index (χ4v) is 10.7. The lowest BCUT2D eigenvalue weighted by molar-refractivity contribution is 0.922. The third-order valence-corrected chi connectivity index (χ3v) is 13.8. The smallest absolute Gasteiger partial charge is 0.0541 e. The summed E-state index contributed by atoms with van der Waals surface area (Å²) >= 11 is 0. The Bertz CT molecular complexity index is 3960. The van der Waals surface area contributed by atoms with Gasteiger partial charge in [0.1, 0.15) is 0 Å². The lowest BCUT2D eigenvalue weighted by atomic mass is 9.94. The molecule has 0 N–H and O–H groups in total. The first-order chi connectivity index (χ1) is 32.2. The van der Waals surface area contributed by atoms with Gasteiger partial charge in [0.05, 0.1) is 22.1 Å². The molecule has 65 heavy (non-hydrogen) atoms. The summed E-state index contributed by atoms with van der Waals surface area (Å²) in [6, 6.07) is 83.4. The highest BCUT2D eigenvalue weighted by molar-refractivity contribution is 6.25. The number of nitrogens with zero attached hydrogens (tertiary/aromatic N) is 2. The summed E-state index contributed by atoms with van der Waals surface area (Å²) in [5, 5.41) is 12.7.